The predicted molar refractivity (Wildman–Crippen MR) is 107 cm³/mol. The Hall–Kier alpha value is -2.32. The molecule has 0 fully saturated rings. The van der Waals surface area contributed by atoms with E-state index in [1.54, 1.807) is 0 Å². The summed E-state index contributed by atoms with van der Waals surface area (Å²) in [6.45, 7) is 0. The van der Waals surface area contributed by atoms with Crippen molar-refractivity contribution in [2.24, 2.45) is 5.16 Å². The Kier molecular flexibility index (Phi) is 5.72. The Bertz CT molecular complexity index is 855. The van der Waals surface area contributed by atoms with Crippen molar-refractivity contribution in [1.29, 1.82) is 0 Å². The fraction of sp³-hybridized carbons (Fsp3) is 0.227. The first-order valence-electron chi connectivity index (χ1n) is 8.60. The smallest absolute Gasteiger partial charge is 0.136 e. The molecule has 0 amide bonds. The number of aryl methyl sites for hydroxylation is 1. The van der Waals surface area contributed by atoms with Crippen molar-refractivity contribution in [2.75, 3.05) is 0 Å². The monoisotopic (exact) mass is 351 g/mol. The van der Waals surface area contributed by atoms with Crippen LogP contribution in [0.4, 0.5) is 0 Å². The Labute approximate surface area is 154 Å². The lowest BCUT2D eigenvalue weighted by Crippen LogP contribution is -2.12. The number of hydrogen-bond acceptors (Lipinski definition) is 2. The number of nitrogens with zero attached hydrogens (tertiary/aromatic N) is 1. The van der Waals surface area contributed by atoms with Crippen molar-refractivity contribution < 1.29 is 4.84 Å². The Balaban J connectivity index is 0.00000182. The topological polar surface area (TPSA) is 21.6 Å². The number of benzene rings is 3. The van der Waals surface area contributed by atoms with Crippen LogP contribution in [-0.2, 0) is 17.7 Å². The molecule has 0 saturated heterocycles. The van der Waals surface area contributed by atoms with Crippen LogP contribution in [0.15, 0.2) is 78.0 Å². The maximum Gasteiger partial charge on any atom is 0.136 e. The van der Waals surface area contributed by atoms with E-state index >= 15 is 0 Å². The lowest BCUT2D eigenvalue weighted by Gasteiger charge is -2.11. The summed E-state index contributed by atoms with van der Waals surface area (Å²) in [5, 5.41) is 6.94. The Morgan fingerprint density at radius 3 is 2.48 bits per heavy atom. The highest BCUT2D eigenvalue weighted by Crippen LogP contribution is 2.24. The predicted octanol–water partition coefficient (Wildman–Crippen LogP) is 5.58. The molecule has 0 N–H and O–H groups in total. The van der Waals surface area contributed by atoms with Crippen LogP contribution in [0.1, 0.15) is 24.0 Å². The van der Waals surface area contributed by atoms with Crippen LogP contribution >= 0.6 is 12.4 Å². The van der Waals surface area contributed by atoms with Crippen LogP contribution in [0.2, 0.25) is 0 Å². The molecule has 2 nitrogen and oxygen atoms in total. The molecule has 3 heteroatoms. The zero-order chi connectivity index (χ0) is 16.2. The molecule has 1 unspecified atom stereocenters. The average molecular weight is 352 g/mol. The van der Waals surface area contributed by atoms with E-state index < -0.39 is 0 Å². The average Bonchev–Trinajstić information content (AvgIpc) is 3.09. The fourth-order valence-corrected chi connectivity index (χ4v) is 3.39. The van der Waals surface area contributed by atoms with E-state index in [2.05, 4.69) is 78.0 Å². The highest BCUT2D eigenvalue weighted by molar-refractivity contribution is 5.87. The molecule has 1 heterocycles. The Morgan fingerprint density at radius 1 is 0.840 bits per heavy atom. The van der Waals surface area contributed by atoms with E-state index in [0.717, 1.165) is 25.7 Å². The third kappa shape index (κ3) is 4.21. The second-order valence-corrected chi connectivity index (χ2v) is 6.42. The quantitative estimate of drug-likeness (QED) is 0.587. The molecule has 0 aliphatic carbocycles. The summed E-state index contributed by atoms with van der Waals surface area (Å²) < 4.78 is 0. The van der Waals surface area contributed by atoms with E-state index in [4.69, 9.17) is 4.84 Å². The van der Waals surface area contributed by atoms with E-state index in [-0.39, 0.29) is 18.5 Å². The summed E-state index contributed by atoms with van der Waals surface area (Å²) in [4.78, 5) is 5.69. The van der Waals surface area contributed by atoms with E-state index in [1.807, 2.05) is 0 Å². The van der Waals surface area contributed by atoms with Crippen LogP contribution in [0.3, 0.4) is 0 Å². The summed E-state index contributed by atoms with van der Waals surface area (Å²) in [5.74, 6) is 0. The summed E-state index contributed by atoms with van der Waals surface area (Å²) in [7, 11) is 0. The lowest BCUT2D eigenvalue weighted by molar-refractivity contribution is 0.0861. The first kappa shape index (κ1) is 17.5. The summed E-state index contributed by atoms with van der Waals surface area (Å²) in [6.07, 6.45) is 4.04. The molecule has 4 rings (SSSR count). The van der Waals surface area contributed by atoms with E-state index in [0.29, 0.717) is 0 Å². The maximum atomic E-state index is 5.69. The van der Waals surface area contributed by atoms with Gasteiger partial charge in [0.15, 0.2) is 0 Å². The van der Waals surface area contributed by atoms with Gasteiger partial charge in [0.1, 0.15) is 6.10 Å². The SMILES string of the molecule is Cl.c1ccc(CCC2=NOC(Cc3cccc4ccccc34)C2)cc1. The standard InChI is InChI=1S/C22H21NO.ClH/c1-2-7-17(8-3-1)13-14-20-16-21(24-23-20)15-19-11-6-10-18-9-4-5-12-22(18)19;/h1-12,21H,13-16H2;1H. The molecule has 1 aliphatic heterocycles. The number of hydrogen-bond donors (Lipinski definition) is 0. The first-order chi connectivity index (χ1) is 11.9. The molecule has 0 bridgehead atoms. The van der Waals surface area contributed by atoms with Gasteiger partial charge in [-0.25, -0.2) is 0 Å². The van der Waals surface area contributed by atoms with Gasteiger partial charge in [-0.1, -0.05) is 78.0 Å². The van der Waals surface area contributed by atoms with Crippen LogP contribution < -0.4 is 0 Å². The molecule has 128 valence electrons. The van der Waals surface area contributed by atoms with Gasteiger partial charge in [-0.05, 0) is 34.7 Å². The first-order valence-corrected chi connectivity index (χ1v) is 8.60. The number of fused-ring (bicyclic) bond motifs is 1. The molecule has 3 aromatic carbocycles. The van der Waals surface area contributed by atoms with Gasteiger partial charge in [-0.3, -0.25) is 0 Å². The van der Waals surface area contributed by atoms with Crippen molar-refractivity contribution >= 4 is 28.9 Å². The zero-order valence-electron chi connectivity index (χ0n) is 14.1. The molecule has 0 aromatic heterocycles. The van der Waals surface area contributed by atoms with Gasteiger partial charge in [0, 0.05) is 12.8 Å². The van der Waals surface area contributed by atoms with Crippen LogP contribution in [0, 0.1) is 0 Å². The Morgan fingerprint density at radius 2 is 1.60 bits per heavy atom. The molecule has 1 atom stereocenters. The minimum atomic E-state index is 0. The van der Waals surface area contributed by atoms with Crippen molar-refractivity contribution in [3.8, 4) is 0 Å². The fourth-order valence-electron chi connectivity index (χ4n) is 3.39. The minimum Gasteiger partial charge on any atom is -0.392 e. The molecule has 1 aliphatic rings. The molecule has 3 aromatic rings. The molecule has 0 saturated carbocycles. The third-order valence-electron chi connectivity index (χ3n) is 4.67. The largest absolute Gasteiger partial charge is 0.392 e. The third-order valence-corrected chi connectivity index (χ3v) is 4.67. The number of oxime groups is 1. The summed E-state index contributed by atoms with van der Waals surface area (Å²) in [5.41, 5.74) is 3.89. The highest BCUT2D eigenvalue weighted by atomic mass is 35.5. The van der Waals surface area contributed by atoms with Gasteiger partial charge < -0.3 is 4.84 Å². The molecular weight excluding hydrogens is 330 g/mol. The van der Waals surface area contributed by atoms with Crippen molar-refractivity contribution in [3.63, 3.8) is 0 Å². The minimum absolute atomic E-state index is 0. The zero-order valence-corrected chi connectivity index (χ0v) is 14.9. The molecule has 0 radical (unpaired) electrons. The summed E-state index contributed by atoms with van der Waals surface area (Å²) in [6, 6.07) is 25.6. The number of halogens is 1. The van der Waals surface area contributed by atoms with Gasteiger partial charge in [0.25, 0.3) is 0 Å². The summed E-state index contributed by atoms with van der Waals surface area (Å²) >= 11 is 0. The van der Waals surface area contributed by atoms with Gasteiger partial charge in [-0.2, -0.15) is 0 Å². The van der Waals surface area contributed by atoms with Crippen molar-refractivity contribution in [2.45, 2.75) is 31.8 Å². The number of rotatable bonds is 5. The second-order valence-electron chi connectivity index (χ2n) is 6.42. The van der Waals surface area contributed by atoms with Crippen LogP contribution in [-0.4, -0.2) is 11.8 Å². The second kappa shape index (κ2) is 8.17. The maximum absolute atomic E-state index is 5.69. The highest BCUT2D eigenvalue weighted by Gasteiger charge is 2.21. The van der Waals surface area contributed by atoms with Gasteiger partial charge in [0.2, 0.25) is 0 Å². The van der Waals surface area contributed by atoms with Crippen molar-refractivity contribution in [3.05, 3.63) is 83.9 Å². The van der Waals surface area contributed by atoms with Crippen LogP contribution in [0.5, 0.6) is 0 Å². The van der Waals surface area contributed by atoms with Gasteiger partial charge in [0.05, 0.1) is 5.71 Å². The van der Waals surface area contributed by atoms with Gasteiger partial charge in [-0.15, -0.1) is 12.4 Å². The van der Waals surface area contributed by atoms with Gasteiger partial charge >= 0.3 is 0 Å². The van der Waals surface area contributed by atoms with E-state index in [9.17, 15) is 0 Å². The lowest BCUT2D eigenvalue weighted by atomic mass is 9.97. The van der Waals surface area contributed by atoms with E-state index in [1.165, 1.54) is 27.6 Å². The molecule has 0 spiro atoms. The normalized spacial score (nSPS) is 16.2. The van der Waals surface area contributed by atoms with Crippen molar-refractivity contribution in [1.82, 2.24) is 0 Å². The molecule has 25 heavy (non-hydrogen) atoms. The molecular formula is C22H22ClNO. The van der Waals surface area contributed by atoms with Crippen LogP contribution in [0.25, 0.3) is 10.8 Å².